The second kappa shape index (κ2) is 8.56. The van der Waals surface area contributed by atoms with E-state index in [0.717, 1.165) is 39.0 Å². The maximum Gasteiger partial charge on any atom is 0.239 e. The average molecular weight is 433 g/mol. The fraction of sp³-hybridized carbons (Fsp3) is 0.579. The third-order valence-electron chi connectivity index (χ3n) is 6.05. The fourth-order valence-corrected chi connectivity index (χ4v) is 4.77. The van der Waals surface area contributed by atoms with Gasteiger partial charge in [0.15, 0.2) is 0 Å². The molecule has 1 unspecified atom stereocenters. The smallest absolute Gasteiger partial charge is 0.239 e. The Labute approximate surface area is 175 Å². The molecule has 3 aliphatic heterocycles. The number of halogens is 3. The van der Waals surface area contributed by atoms with Gasteiger partial charge in [0.05, 0.1) is 10.0 Å². The molecule has 3 fully saturated rings. The molecule has 148 valence electrons. The van der Waals surface area contributed by atoms with Crippen molar-refractivity contribution in [1.29, 1.82) is 0 Å². The Hall–Kier alpha value is -1.01. The molecule has 5 nitrogen and oxygen atoms in total. The van der Waals surface area contributed by atoms with Crippen LogP contribution in [-0.4, -0.2) is 49.4 Å². The van der Waals surface area contributed by atoms with Crippen LogP contribution in [0.1, 0.15) is 19.3 Å². The molecule has 27 heavy (non-hydrogen) atoms. The van der Waals surface area contributed by atoms with E-state index in [9.17, 15) is 9.59 Å². The average Bonchev–Trinajstić information content (AvgIpc) is 3.18. The minimum Gasteiger partial charge on any atom is -0.342 e. The molecule has 1 aromatic carbocycles. The van der Waals surface area contributed by atoms with Crippen molar-refractivity contribution >= 4 is 53.1 Å². The number of carbonyl (C=O) groups excluding carboxylic acids is 2. The Morgan fingerprint density at radius 2 is 1.67 bits per heavy atom. The van der Waals surface area contributed by atoms with Gasteiger partial charge in [-0.05, 0) is 62.4 Å². The number of likely N-dealkylation sites (tertiary alicyclic amines) is 1. The van der Waals surface area contributed by atoms with Gasteiger partial charge in [0, 0.05) is 25.3 Å². The molecule has 0 saturated carbocycles. The highest BCUT2D eigenvalue weighted by molar-refractivity contribution is 6.42. The third-order valence-corrected chi connectivity index (χ3v) is 6.79. The number of rotatable bonds is 2. The van der Waals surface area contributed by atoms with Gasteiger partial charge in [0.2, 0.25) is 11.8 Å². The molecule has 0 radical (unpaired) electrons. The summed E-state index contributed by atoms with van der Waals surface area (Å²) in [6.45, 7) is 4.17. The first-order valence-electron chi connectivity index (χ1n) is 9.30. The Morgan fingerprint density at radius 1 is 1.00 bits per heavy atom. The van der Waals surface area contributed by atoms with E-state index in [-0.39, 0.29) is 24.2 Å². The molecular formula is C19H24Cl3N3O2. The zero-order valence-corrected chi connectivity index (χ0v) is 17.3. The van der Waals surface area contributed by atoms with Crippen LogP contribution in [0.3, 0.4) is 0 Å². The number of anilines is 1. The summed E-state index contributed by atoms with van der Waals surface area (Å²) in [5, 5.41) is 4.32. The zero-order valence-electron chi connectivity index (χ0n) is 15.0. The molecule has 1 aromatic rings. The lowest BCUT2D eigenvalue weighted by atomic mass is 9.92. The van der Waals surface area contributed by atoms with Crippen molar-refractivity contribution in [1.82, 2.24) is 10.2 Å². The summed E-state index contributed by atoms with van der Waals surface area (Å²) in [5.41, 5.74) is 0.705. The monoisotopic (exact) mass is 431 g/mol. The van der Waals surface area contributed by atoms with E-state index in [2.05, 4.69) is 5.32 Å². The number of fused-ring (bicyclic) bond motifs is 1. The predicted octanol–water partition coefficient (Wildman–Crippen LogP) is 3.23. The summed E-state index contributed by atoms with van der Waals surface area (Å²) in [6.07, 6.45) is 2.62. The lowest BCUT2D eigenvalue weighted by Gasteiger charge is -2.24. The Kier molecular flexibility index (Phi) is 6.57. The van der Waals surface area contributed by atoms with Crippen molar-refractivity contribution in [2.45, 2.75) is 19.3 Å². The van der Waals surface area contributed by atoms with Gasteiger partial charge in [-0.1, -0.05) is 23.2 Å². The zero-order chi connectivity index (χ0) is 18.3. The van der Waals surface area contributed by atoms with Crippen molar-refractivity contribution in [3.05, 3.63) is 28.2 Å². The summed E-state index contributed by atoms with van der Waals surface area (Å²) >= 11 is 12.0. The minimum absolute atomic E-state index is 0. The van der Waals surface area contributed by atoms with Crippen LogP contribution in [0.25, 0.3) is 0 Å². The largest absolute Gasteiger partial charge is 0.342 e. The molecule has 0 bridgehead atoms. The van der Waals surface area contributed by atoms with Gasteiger partial charge in [0.25, 0.3) is 0 Å². The topological polar surface area (TPSA) is 52.7 Å². The molecule has 2 amide bonds. The van der Waals surface area contributed by atoms with Crippen molar-refractivity contribution in [2.24, 2.45) is 17.8 Å². The Bertz CT molecular complexity index is 716. The first-order valence-corrected chi connectivity index (χ1v) is 10.1. The number of nitrogens with zero attached hydrogens (tertiary/aromatic N) is 2. The van der Waals surface area contributed by atoms with Gasteiger partial charge in [0.1, 0.15) is 5.92 Å². The SMILES string of the molecule is Cl.O=C(C1CCN(c2ccc(Cl)c(Cl)c2)C1=O)N1CC[C@@H]2CNC[C@@H]2CC1. The quantitative estimate of drug-likeness (QED) is 0.730. The third kappa shape index (κ3) is 4.07. The van der Waals surface area contributed by atoms with Crippen LogP contribution >= 0.6 is 35.6 Å². The molecule has 1 N–H and O–H groups in total. The van der Waals surface area contributed by atoms with Gasteiger partial charge in [-0.25, -0.2) is 0 Å². The first kappa shape index (κ1) is 20.7. The summed E-state index contributed by atoms with van der Waals surface area (Å²) in [7, 11) is 0. The van der Waals surface area contributed by atoms with Gasteiger partial charge >= 0.3 is 0 Å². The molecule has 3 atom stereocenters. The van der Waals surface area contributed by atoms with Crippen molar-refractivity contribution in [3.63, 3.8) is 0 Å². The second-order valence-corrected chi connectivity index (χ2v) is 8.32. The molecule has 0 aromatic heterocycles. The van der Waals surface area contributed by atoms with Gasteiger partial charge in [-0.3, -0.25) is 9.59 Å². The minimum atomic E-state index is -0.569. The molecule has 3 saturated heterocycles. The van der Waals surface area contributed by atoms with E-state index in [4.69, 9.17) is 23.2 Å². The van der Waals surface area contributed by atoms with Gasteiger partial charge in [-0.15, -0.1) is 12.4 Å². The van der Waals surface area contributed by atoms with E-state index in [1.165, 1.54) is 0 Å². The number of carbonyl (C=O) groups is 2. The maximum absolute atomic E-state index is 13.0. The van der Waals surface area contributed by atoms with Crippen LogP contribution in [0.5, 0.6) is 0 Å². The standard InChI is InChI=1S/C19H23Cl2N3O2.ClH/c20-16-2-1-14(9-17(16)21)24-8-5-15(19(24)26)18(25)23-6-3-12-10-22-11-13(12)4-7-23;/h1-2,9,12-13,15,22H,3-8,10-11H2;1H/t12-,13+,15?;. The molecule has 8 heteroatoms. The van der Waals surface area contributed by atoms with E-state index in [1.807, 2.05) is 4.90 Å². The number of nitrogens with one attached hydrogen (secondary N) is 1. The van der Waals surface area contributed by atoms with Crippen LogP contribution in [0, 0.1) is 17.8 Å². The van der Waals surface area contributed by atoms with E-state index >= 15 is 0 Å². The lowest BCUT2D eigenvalue weighted by Crippen LogP contribution is -2.41. The highest BCUT2D eigenvalue weighted by atomic mass is 35.5. The van der Waals surface area contributed by atoms with Crippen LogP contribution < -0.4 is 10.2 Å². The van der Waals surface area contributed by atoms with Crippen LogP contribution in [0.2, 0.25) is 10.0 Å². The van der Waals surface area contributed by atoms with Crippen molar-refractivity contribution < 1.29 is 9.59 Å². The Balaban J connectivity index is 0.00000210. The second-order valence-electron chi connectivity index (χ2n) is 7.51. The summed E-state index contributed by atoms with van der Waals surface area (Å²) in [5.74, 6) is 0.630. The number of hydrogen-bond acceptors (Lipinski definition) is 3. The number of amides is 2. The number of hydrogen-bond donors (Lipinski definition) is 1. The molecule has 4 rings (SSSR count). The number of benzene rings is 1. The van der Waals surface area contributed by atoms with Crippen LogP contribution in [0.15, 0.2) is 18.2 Å². The van der Waals surface area contributed by atoms with Crippen LogP contribution in [-0.2, 0) is 9.59 Å². The molecule has 3 heterocycles. The Morgan fingerprint density at radius 3 is 2.30 bits per heavy atom. The fourth-order valence-electron chi connectivity index (χ4n) is 4.48. The molecule has 0 spiro atoms. The molecular weight excluding hydrogens is 409 g/mol. The highest BCUT2D eigenvalue weighted by Gasteiger charge is 2.41. The van der Waals surface area contributed by atoms with Crippen LogP contribution in [0.4, 0.5) is 5.69 Å². The van der Waals surface area contributed by atoms with E-state index in [0.29, 0.717) is 40.5 Å². The molecule has 0 aliphatic carbocycles. The summed E-state index contributed by atoms with van der Waals surface area (Å²) in [6, 6.07) is 5.15. The normalized spacial score (nSPS) is 27.9. The summed E-state index contributed by atoms with van der Waals surface area (Å²) in [4.78, 5) is 29.4. The maximum atomic E-state index is 13.0. The van der Waals surface area contributed by atoms with Gasteiger partial charge < -0.3 is 15.1 Å². The lowest BCUT2D eigenvalue weighted by molar-refractivity contribution is -0.139. The predicted molar refractivity (Wildman–Crippen MR) is 110 cm³/mol. The van der Waals surface area contributed by atoms with Crippen molar-refractivity contribution in [3.8, 4) is 0 Å². The first-order chi connectivity index (χ1) is 12.5. The summed E-state index contributed by atoms with van der Waals surface area (Å²) < 4.78 is 0. The van der Waals surface area contributed by atoms with Gasteiger partial charge in [-0.2, -0.15) is 0 Å². The molecule has 3 aliphatic rings. The highest BCUT2D eigenvalue weighted by Crippen LogP contribution is 2.33. The van der Waals surface area contributed by atoms with E-state index in [1.54, 1.807) is 23.1 Å². The van der Waals surface area contributed by atoms with E-state index < -0.39 is 5.92 Å². The van der Waals surface area contributed by atoms with Crippen molar-refractivity contribution in [2.75, 3.05) is 37.6 Å².